The molecule has 0 bridgehead atoms. The fourth-order valence-electron chi connectivity index (χ4n) is 1.99. The van der Waals surface area contributed by atoms with Crippen molar-refractivity contribution >= 4 is 16.0 Å². The minimum Gasteiger partial charge on any atom is -0.481 e. The summed E-state index contributed by atoms with van der Waals surface area (Å²) in [5.74, 6) is -0.890. The van der Waals surface area contributed by atoms with Crippen LogP contribution in [0.1, 0.15) is 71.1 Å². The topological polar surface area (TPSA) is 83.5 Å². The van der Waals surface area contributed by atoms with Gasteiger partial charge in [0.15, 0.2) is 0 Å². The lowest BCUT2D eigenvalue weighted by atomic mass is 10.1. The van der Waals surface area contributed by atoms with Crippen LogP contribution in [0.4, 0.5) is 0 Å². The van der Waals surface area contributed by atoms with Crippen molar-refractivity contribution < 1.29 is 18.3 Å². The van der Waals surface area contributed by atoms with E-state index in [1.807, 2.05) is 0 Å². The van der Waals surface area contributed by atoms with Crippen molar-refractivity contribution in [2.45, 2.75) is 71.1 Å². The minimum absolute atomic E-state index is 0.0188. The standard InChI is InChI=1S/C14H29NO4S/c1-2-3-4-5-6-7-8-9-10-13-20(18,19)15-12-11-14(16)17/h15H,2-13H2,1H3,(H,16,17). The Morgan fingerprint density at radius 2 is 1.45 bits per heavy atom. The summed E-state index contributed by atoms with van der Waals surface area (Å²) in [4.78, 5) is 10.3. The zero-order chi connectivity index (χ0) is 15.3. The van der Waals surface area contributed by atoms with E-state index in [1.165, 1.54) is 38.5 Å². The third-order valence-electron chi connectivity index (χ3n) is 3.18. The number of hydrogen-bond donors (Lipinski definition) is 2. The first-order valence-corrected chi connectivity index (χ1v) is 9.32. The molecule has 0 saturated carbocycles. The van der Waals surface area contributed by atoms with E-state index >= 15 is 0 Å². The predicted molar refractivity (Wildman–Crippen MR) is 81.3 cm³/mol. The second-order valence-corrected chi connectivity index (χ2v) is 7.11. The molecule has 0 saturated heterocycles. The van der Waals surface area contributed by atoms with Gasteiger partial charge in [0.2, 0.25) is 10.0 Å². The van der Waals surface area contributed by atoms with Crippen LogP contribution in [0.2, 0.25) is 0 Å². The average Bonchev–Trinajstić information content (AvgIpc) is 2.36. The highest BCUT2D eigenvalue weighted by molar-refractivity contribution is 7.89. The number of unbranched alkanes of at least 4 members (excludes halogenated alkanes) is 8. The number of hydrogen-bond acceptors (Lipinski definition) is 3. The van der Waals surface area contributed by atoms with Crippen molar-refractivity contribution in [1.29, 1.82) is 0 Å². The molecule has 0 spiro atoms. The second-order valence-electron chi connectivity index (χ2n) is 5.19. The Bertz CT molecular complexity index is 341. The van der Waals surface area contributed by atoms with E-state index in [2.05, 4.69) is 11.6 Å². The lowest BCUT2D eigenvalue weighted by Crippen LogP contribution is -2.28. The highest BCUT2D eigenvalue weighted by atomic mass is 32.2. The van der Waals surface area contributed by atoms with Gasteiger partial charge < -0.3 is 5.11 Å². The van der Waals surface area contributed by atoms with Crippen LogP contribution in [0.3, 0.4) is 0 Å². The summed E-state index contributed by atoms with van der Waals surface area (Å²) in [7, 11) is -3.30. The van der Waals surface area contributed by atoms with Gasteiger partial charge in [-0.25, -0.2) is 13.1 Å². The second kappa shape index (κ2) is 12.1. The van der Waals surface area contributed by atoms with E-state index < -0.39 is 16.0 Å². The molecule has 5 nitrogen and oxygen atoms in total. The summed E-state index contributed by atoms with van der Waals surface area (Å²) < 4.78 is 25.3. The van der Waals surface area contributed by atoms with E-state index in [-0.39, 0.29) is 18.7 Å². The molecule has 0 amide bonds. The molecule has 0 heterocycles. The van der Waals surface area contributed by atoms with Gasteiger partial charge in [0.25, 0.3) is 0 Å². The van der Waals surface area contributed by atoms with E-state index in [9.17, 15) is 13.2 Å². The molecule has 0 aromatic rings. The average molecular weight is 307 g/mol. The highest BCUT2D eigenvalue weighted by Gasteiger charge is 2.09. The van der Waals surface area contributed by atoms with Gasteiger partial charge >= 0.3 is 5.97 Å². The molecule has 120 valence electrons. The number of nitrogens with one attached hydrogen (secondary N) is 1. The van der Waals surface area contributed by atoms with Crippen LogP contribution < -0.4 is 4.72 Å². The lowest BCUT2D eigenvalue weighted by molar-refractivity contribution is -0.136. The Morgan fingerprint density at radius 1 is 0.950 bits per heavy atom. The number of aliphatic carboxylic acids is 1. The van der Waals surface area contributed by atoms with Gasteiger partial charge in [-0.3, -0.25) is 4.79 Å². The summed E-state index contributed by atoms with van der Waals surface area (Å²) in [6, 6.07) is 0. The Kier molecular flexibility index (Phi) is 11.8. The molecule has 0 unspecified atom stereocenters. The molecule has 0 aromatic carbocycles. The van der Waals surface area contributed by atoms with Crippen LogP contribution in [0.5, 0.6) is 0 Å². The molecule has 0 aliphatic carbocycles. The van der Waals surface area contributed by atoms with Crippen LogP contribution >= 0.6 is 0 Å². The Balaban J connectivity index is 3.42. The molecule has 2 N–H and O–H groups in total. The summed E-state index contributed by atoms with van der Waals surface area (Å²) in [5, 5.41) is 8.43. The van der Waals surface area contributed by atoms with E-state index in [0.717, 1.165) is 12.8 Å². The van der Waals surface area contributed by atoms with Gasteiger partial charge in [-0.1, -0.05) is 58.3 Å². The first-order valence-electron chi connectivity index (χ1n) is 7.67. The first-order chi connectivity index (χ1) is 9.48. The summed E-state index contributed by atoms with van der Waals surface area (Å²) in [5.41, 5.74) is 0. The van der Waals surface area contributed by atoms with Crippen molar-refractivity contribution in [3.8, 4) is 0 Å². The quantitative estimate of drug-likeness (QED) is 0.483. The van der Waals surface area contributed by atoms with Crippen LogP contribution in [0.25, 0.3) is 0 Å². The summed E-state index contributed by atoms with van der Waals surface area (Å²) in [6.45, 7) is 2.18. The number of sulfonamides is 1. The number of carboxylic acids is 1. The Morgan fingerprint density at radius 3 is 1.95 bits per heavy atom. The fraction of sp³-hybridized carbons (Fsp3) is 0.929. The number of carbonyl (C=O) groups is 1. The Labute approximate surface area is 123 Å². The van der Waals surface area contributed by atoms with Crippen LogP contribution in [-0.2, 0) is 14.8 Å². The smallest absolute Gasteiger partial charge is 0.304 e. The van der Waals surface area contributed by atoms with Gasteiger partial charge in [0, 0.05) is 6.54 Å². The van der Waals surface area contributed by atoms with Gasteiger partial charge in [0.05, 0.1) is 12.2 Å². The van der Waals surface area contributed by atoms with Crippen LogP contribution in [-0.4, -0.2) is 31.8 Å². The van der Waals surface area contributed by atoms with Crippen molar-refractivity contribution in [1.82, 2.24) is 4.72 Å². The lowest BCUT2D eigenvalue weighted by Gasteiger charge is -2.05. The summed E-state index contributed by atoms with van der Waals surface area (Å²) in [6.07, 6.45) is 10.0. The zero-order valence-corrected chi connectivity index (χ0v) is 13.4. The maximum absolute atomic E-state index is 11.5. The van der Waals surface area contributed by atoms with Crippen molar-refractivity contribution in [2.24, 2.45) is 0 Å². The number of carboxylic acid groups (broad SMARTS) is 1. The third kappa shape index (κ3) is 13.8. The van der Waals surface area contributed by atoms with E-state index in [4.69, 9.17) is 5.11 Å². The van der Waals surface area contributed by atoms with E-state index in [0.29, 0.717) is 6.42 Å². The molecule has 6 heteroatoms. The molecule has 0 fully saturated rings. The molecule has 0 rings (SSSR count). The molecule has 0 atom stereocenters. The van der Waals surface area contributed by atoms with Gasteiger partial charge in [0.1, 0.15) is 0 Å². The number of rotatable bonds is 14. The fourth-order valence-corrected chi connectivity index (χ4v) is 3.13. The molecule has 0 aliphatic rings. The first kappa shape index (κ1) is 19.4. The monoisotopic (exact) mass is 307 g/mol. The summed E-state index contributed by atoms with van der Waals surface area (Å²) >= 11 is 0. The molecule has 0 aromatic heterocycles. The minimum atomic E-state index is -3.30. The highest BCUT2D eigenvalue weighted by Crippen LogP contribution is 2.09. The molecule has 20 heavy (non-hydrogen) atoms. The molecular weight excluding hydrogens is 278 g/mol. The SMILES string of the molecule is CCCCCCCCCCCS(=O)(=O)NCCC(=O)O. The molecule has 0 radical (unpaired) electrons. The largest absolute Gasteiger partial charge is 0.481 e. The van der Waals surface area contributed by atoms with Crippen LogP contribution in [0.15, 0.2) is 0 Å². The maximum atomic E-state index is 11.5. The van der Waals surface area contributed by atoms with Gasteiger partial charge in [-0.2, -0.15) is 0 Å². The predicted octanol–water partition coefficient (Wildman–Crippen LogP) is 2.91. The Hall–Kier alpha value is -0.620. The van der Waals surface area contributed by atoms with E-state index in [1.54, 1.807) is 0 Å². The van der Waals surface area contributed by atoms with Crippen LogP contribution in [0, 0.1) is 0 Å². The third-order valence-corrected chi connectivity index (χ3v) is 4.65. The molecule has 0 aliphatic heterocycles. The maximum Gasteiger partial charge on any atom is 0.304 e. The van der Waals surface area contributed by atoms with Gasteiger partial charge in [-0.05, 0) is 6.42 Å². The normalized spacial score (nSPS) is 11.7. The van der Waals surface area contributed by atoms with Gasteiger partial charge in [-0.15, -0.1) is 0 Å². The van der Waals surface area contributed by atoms with Crippen molar-refractivity contribution in [2.75, 3.05) is 12.3 Å². The zero-order valence-electron chi connectivity index (χ0n) is 12.6. The van der Waals surface area contributed by atoms with Crippen molar-refractivity contribution in [3.05, 3.63) is 0 Å². The van der Waals surface area contributed by atoms with Crippen molar-refractivity contribution in [3.63, 3.8) is 0 Å². The molecular formula is C14H29NO4S.